The van der Waals surface area contributed by atoms with Crippen molar-refractivity contribution < 1.29 is 0 Å². The summed E-state index contributed by atoms with van der Waals surface area (Å²) in [4.78, 5) is 8.79. The van der Waals surface area contributed by atoms with Crippen LogP contribution < -0.4 is 0 Å². The molecule has 102 valence electrons. The minimum atomic E-state index is 0.578. The molecule has 0 amide bonds. The highest BCUT2D eigenvalue weighted by Gasteiger charge is 2.10. The summed E-state index contributed by atoms with van der Waals surface area (Å²) in [5.74, 6) is 0.710. The molecule has 0 aliphatic carbocycles. The van der Waals surface area contributed by atoms with Crippen LogP contribution in [-0.2, 0) is 12.8 Å². The van der Waals surface area contributed by atoms with Crippen molar-refractivity contribution in [3.8, 4) is 0 Å². The number of imidazole rings is 1. The molecule has 3 aromatic rings. The molecule has 0 unspecified atom stereocenters. The van der Waals surface area contributed by atoms with E-state index < -0.39 is 0 Å². The molecule has 0 saturated carbocycles. The van der Waals surface area contributed by atoms with Crippen LogP contribution in [0.4, 0.5) is 0 Å². The molecule has 2 heterocycles. The Morgan fingerprint density at radius 3 is 2.90 bits per heavy atom. The van der Waals surface area contributed by atoms with Crippen LogP contribution in [0.3, 0.4) is 0 Å². The number of thioether (sulfide) groups is 1. The number of nitrogens with zero attached hydrogens (tertiary/aromatic N) is 3. The van der Waals surface area contributed by atoms with Crippen molar-refractivity contribution in [2.75, 3.05) is 0 Å². The smallest absolute Gasteiger partial charge is 0.124 e. The lowest BCUT2D eigenvalue weighted by Gasteiger charge is -2.05. The third-order valence-electron chi connectivity index (χ3n) is 3.01. The minimum absolute atomic E-state index is 0.578. The fraction of sp³-hybridized carbons (Fsp3) is 0.143. The van der Waals surface area contributed by atoms with Crippen LogP contribution >= 0.6 is 35.0 Å². The van der Waals surface area contributed by atoms with Gasteiger partial charge in [-0.05, 0) is 17.7 Å². The maximum atomic E-state index is 6.20. The van der Waals surface area contributed by atoms with Gasteiger partial charge in [0, 0.05) is 19.0 Å². The number of hydrogen-bond donors (Lipinski definition) is 0. The number of benzene rings is 1. The number of rotatable bonds is 3. The average molecular weight is 324 g/mol. The van der Waals surface area contributed by atoms with Crippen LogP contribution in [0.5, 0.6) is 0 Å². The van der Waals surface area contributed by atoms with Crippen LogP contribution in [0.2, 0.25) is 10.0 Å². The Kier molecular flexibility index (Phi) is 3.87. The van der Waals surface area contributed by atoms with Gasteiger partial charge in [-0.15, -0.1) is 0 Å². The molecule has 3 rings (SSSR count). The normalized spacial score (nSPS) is 11.2. The highest BCUT2D eigenvalue weighted by Crippen LogP contribution is 2.32. The molecule has 0 N–H and O–H groups in total. The number of fused-ring (bicyclic) bond motifs is 1. The molecule has 0 spiro atoms. The van der Waals surface area contributed by atoms with Gasteiger partial charge in [-0.25, -0.2) is 9.97 Å². The van der Waals surface area contributed by atoms with E-state index in [4.69, 9.17) is 23.2 Å². The molecule has 0 saturated heterocycles. The first kappa shape index (κ1) is 13.7. The second-order valence-corrected chi connectivity index (χ2v) is 6.09. The van der Waals surface area contributed by atoms with E-state index in [0.29, 0.717) is 15.8 Å². The van der Waals surface area contributed by atoms with E-state index in [1.54, 1.807) is 30.4 Å². The molecule has 6 heteroatoms. The molecule has 0 aliphatic rings. The summed E-state index contributed by atoms with van der Waals surface area (Å²) < 4.78 is 1.98. The summed E-state index contributed by atoms with van der Waals surface area (Å²) in [6.45, 7) is 0. The minimum Gasteiger partial charge on any atom is -0.334 e. The number of aryl methyl sites for hydroxylation is 1. The van der Waals surface area contributed by atoms with Crippen molar-refractivity contribution in [2.45, 2.75) is 10.8 Å². The molecule has 0 aliphatic heterocycles. The largest absolute Gasteiger partial charge is 0.334 e. The van der Waals surface area contributed by atoms with Crippen molar-refractivity contribution in [3.63, 3.8) is 0 Å². The fourth-order valence-electron chi connectivity index (χ4n) is 1.95. The number of aromatic nitrogens is 3. The van der Waals surface area contributed by atoms with Gasteiger partial charge in [0.15, 0.2) is 0 Å². The van der Waals surface area contributed by atoms with Gasteiger partial charge in [-0.1, -0.05) is 47.1 Å². The van der Waals surface area contributed by atoms with Gasteiger partial charge in [0.05, 0.1) is 21.9 Å². The van der Waals surface area contributed by atoms with Crippen LogP contribution in [0.25, 0.3) is 11.0 Å². The van der Waals surface area contributed by atoms with Gasteiger partial charge in [0.25, 0.3) is 0 Å². The topological polar surface area (TPSA) is 30.7 Å². The summed E-state index contributed by atoms with van der Waals surface area (Å²) in [5, 5.41) is 2.09. The van der Waals surface area contributed by atoms with Gasteiger partial charge in [0.1, 0.15) is 10.5 Å². The quantitative estimate of drug-likeness (QED) is 0.661. The Morgan fingerprint density at radius 1 is 1.20 bits per heavy atom. The van der Waals surface area contributed by atoms with Gasteiger partial charge < -0.3 is 4.57 Å². The van der Waals surface area contributed by atoms with E-state index in [2.05, 4.69) is 9.97 Å². The monoisotopic (exact) mass is 323 g/mol. The summed E-state index contributed by atoms with van der Waals surface area (Å²) in [6.07, 6.45) is 3.59. The number of pyridine rings is 1. The molecular formula is C14H11Cl2N3S. The van der Waals surface area contributed by atoms with Gasteiger partial charge in [-0.3, -0.25) is 0 Å². The zero-order valence-corrected chi connectivity index (χ0v) is 13.0. The van der Waals surface area contributed by atoms with Gasteiger partial charge in [0.2, 0.25) is 0 Å². The first-order valence-corrected chi connectivity index (χ1v) is 7.72. The fourth-order valence-corrected chi connectivity index (χ4v) is 3.38. The van der Waals surface area contributed by atoms with Crippen molar-refractivity contribution in [1.29, 1.82) is 0 Å². The number of hydrogen-bond acceptors (Lipinski definition) is 3. The molecule has 2 aromatic heterocycles. The first-order chi connectivity index (χ1) is 9.66. The summed E-state index contributed by atoms with van der Waals surface area (Å²) in [6, 6.07) is 7.62. The lowest BCUT2D eigenvalue weighted by Crippen LogP contribution is -1.88. The van der Waals surface area contributed by atoms with Gasteiger partial charge in [-0.2, -0.15) is 0 Å². The zero-order valence-electron chi connectivity index (χ0n) is 10.7. The third-order valence-corrected chi connectivity index (χ3v) is 4.89. The zero-order chi connectivity index (χ0) is 14.1. The van der Waals surface area contributed by atoms with Gasteiger partial charge >= 0.3 is 0 Å². The number of halogens is 2. The van der Waals surface area contributed by atoms with E-state index in [1.807, 2.05) is 29.8 Å². The molecule has 0 bridgehead atoms. The van der Waals surface area contributed by atoms with Crippen molar-refractivity contribution >= 4 is 46.0 Å². The standard InChI is InChI=1S/C14H11Cl2N3S/c1-19-8-18-13-11(19)5-6-17-14(13)20-7-9-3-2-4-10(15)12(9)16/h2-6,8H,7H2,1H3. The highest BCUT2D eigenvalue weighted by molar-refractivity contribution is 7.98. The Hall–Kier alpha value is -1.23. The lowest BCUT2D eigenvalue weighted by molar-refractivity contribution is 0.947. The van der Waals surface area contributed by atoms with Crippen molar-refractivity contribution in [1.82, 2.24) is 14.5 Å². The SMILES string of the molecule is Cn1cnc2c(SCc3cccc(Cl)c3Cl)nccc21. The molecule has 1 aromatic carbocycles. The Bertz CT molecular complexity index is 770. The first-order valence-electron chi connectivity index (χ1n) is 5.98. The third kappa shape index (κ3) is 2.51. The van der Waals surface area contributed by atoms with E-state index in [1.165, 1.54) is 0 Å². The average Bonchev–Trinajstić information content (AvgIpc) is 2.83. The molecule has 0 fully saturated rings. The van der Waals surface area contributed by atoms with E-state index >= 15 is 0 Å². The second-order valence-electron chi connectivity index (χ2n) is 4.34. The Labute approximate surface area is 130 Å². The predicted octanol–water partition coefficient (Wildman–Crippen LogP) is 4.57. The van der Waals surface area contributed by atoms with Crippen LogP contribution in [0.1, 0.15) is 5.56 Å². The Morgan fingerprint density at radius 2 is 2.05 bits per heavy atom. The lowest BCUT2D eigenvalue weighted by atomic mass is 10.2. The van der Waals surface area contributed by atoms with E-state index in [0.717, 1.165) is 21.6 Å². The van der Waals surface area contributed by atoms with E-state index in [9.17, 15) is 0 Å². The summed E-state index contributed by atoms with van der Waals surface area (Å²) in [5.41, 5.74) is 2.98. The van der Waals surface area contributed by atoms with Crippen molar-refractivity contribution in [3.05, 3.63) is 52.4 Å². The molecular weight excluding hydrogens is 313 g/mol. The predicted molar refractivity (Wildman–Crippen MR) is 84.5 cm³/mol. The maximum absolute atomic E-state index is 6.20. The van der Waals surface area contributed by atoms with E-state index in [-0.39, 0.29) is 0 Å². The van der Waals surface area contributed by atoms with Crippen LogP contribution in [0.15, 0.2) is 41.8 Å². The molecule has 0 radical (unpaired) electrons. The molecule has 3 nitrogen and oxygen atoms in total. The second kappa shape index (κ2) is 5.64. The maximum Gasteiger partial charge on any atom is 0.124 e. The molecule has 0 atom stereocenters. The van der Waals surface area contributed by atoms with Crippen LogP contribution in [0, 0.1) is 0 Å². The summed E-state index contributed by atoms with van der Waals surface area (Å²) in [7, 11) is 1.97. The summed E-state index contributed by atoms with van der Waals surface area (Å²) >= 11 is 13.8. The van der Waals surface area contributed by atoms with Crippen molar-refractivity contribution in [2.24, 2.45) is 7.05 Å². The Balaban J connectivity index is 1.89. The highest BCUT2D eigenvalue weighted by atomic mass is 35.5. The van der Waals surface area contributed by atoms with Crippen LogP contribution in [-0.4, -0.2) is 14.5 Å². The molecule has 20 heavy (non-hydrogen) atoms.